The summed E-state index contributed by atoms with van der Waals surface area (Å²) < 4.78 is 5.62. The summed E-state index contributed by atoms with van der Waals surface area (Å²) in [6.45, 7) is 4.45. The van der Waals surface area contributed by atoms with Crippen LogP contribution in [0, 0.1) is 0 Å². The second kappa shape index (κ2) is 7.74. The Bertz CT molecular complexity index is 449. The van der Waals surface area contributed by atoms with Gasteiger partial charge in [-0.05, 0) is 25.5 Å². The Kier molecular flexibility index (Phi) is 6.29. The van der Waals surface area contributed by atoms with E-state index in [0.29, 0.717) is 17.9 Å². The first-order valence-electron chi connectivity index (χ1n) is 6.39. The molecule has 19 heavy (non-hydrogen) atoms. The van der Waals surface area contributed by atoms with Crippen LogP contribution >= 0.6 is 12.2 Å². The normalized spacial score (nSPS) is 11.7. The van der Waals surface area contributed by atoms with E-state index in [9.17, 15) is 4.79 Å². The third-order valence-electron chi connectivity index (χ3n) is 2.66. The van der Waals surface area contributed by atoms with Gasteiger partial charge in [0, 0.05) is 6.54 Å². The average molecular weight is 280 g/mol. The lowest BCUT2D eigenvalue weighted by molar-refractivity contribution is -0.127. The predicted molar refractivity (Wildman–Crippen MR) is 80.3 cm³/mol. The van der Waals surface area contributed by atoms with Crippen LogP contribution in [0.15, 0.2) is 24.3 Å². The number of unbranched alkanes of at least 4 members (excludes halogenated alkanes) is 1. The van der Waals surface area contributed by atoms with E-state index in [2.05, 4.69) is 12.2 Å². The van der Waals surface area contributed by atoms with Gasteiger partial charge in [-0.2, -0.15) is 0 Å². The molecular weight excluding hydrogens is 260 g/mol. The van der Waals surface area contributed by atoms with Crippen LogP contribution in [0.25, 0.3) is 0 Å². The zero-order valence-electron chi connectivity index (χ0n) is 11.3. The number of carbonyl (C=O) groups is 1. The quantitative estimate of drug-likeness (QED) is 0.592. The minimum Gasteiger partial charge on any atom is -0.480 e. The molecule has 4 nitrogen and oxygen atoms in total. The molecule has 1 aromatic rings. The molecule has 0 saturated heterocycles. The number of ether oxygens (including phenoxy) is 1. The number of hydrogen-bond donors (Lipinski definition) is 2. The van der Waals surface area contributed by atoms with E-state index in [1.54, 1.807) is 19.1 Å². The summed E-state index contributed by atoms with van der Waals surface area (Å²) >= 11 is 4.95. The highest BCUT2D eigenvalue weighted by Crippen LogP contribution is 2.19. The van der Waals surface area contributed by atoms with Crippen molar-refractivity contribution in [3.8, 4) is 5.75 Å². The lowest BCUT2D eigenvalue weighted by Gasteiger charge is -2.16. The van der Waals surface area contributed by atoms with E-state index in [-0.39, 0.29) is 10.9 Å². The molecule has 1 rings (SSSR count). The molecule has 0 aliphatic carbocycles. The Morgan fingerprint density at radius 1 is 1.47 bits per heavy atom. The third-order valence-corrected chi connectivity index (χ3v) is 2.87. The van der Waals surface area contributed by atoms with Gasteiger partial charge >= 0.3 is 0 Å². The first-order chi connectivity index (χ1) is 9.06. The fraction of sp³-hybridized carbons (Fsp3) is 0.429. The topological polar surface area (TPSA) is 64.3 Å². The number of hydrogen-bond acceptors (Lipinski definition) is 3. The van der Waals surface area contributed by atoms with Crippen LogP contribution in [0.1, 0.15) is 32.3 Å². The Labute approximate surface area is 119 Å². The number of para-hydroxylation sites is 1. The Morgan fingerprint density at radius 3 is 2.79 bits per heavy atom. The SMILES string of the molecule is CCCCNC(=O)C(C)Oc1ccccc1C(N)=S. The summed E-state index contributed by atoms with van der Waals surface area (Å²) in [7, 11) is 0. The van der Waals surface area contributed by atoms with Gasteiger partial charge in [-0.3, -0.25) is 4.79 Å². The van der Waals surface area contributed by atoms with E-state index >= 15 is 0 Å². The molecule has 5 heteroatoms. The molecule has 3 N–H and O–H groups in total. The first-order valence-corrected chi connectivity index (χ1v) is 6.80. The summed E-state index contributed by atoms with van der Waals surface area (Å²) in [5, 5.41) is 2.82. The average Bonchev–Trinajstić information content (AvgIpc) is 2.39. The summed E-state index contributed by atoms with van der Waals surface area (Å²) in [4.78, 5) is 12.1. The number of nitrogens with one attached hydrogen (secondary N) is 1. The van der Waals surface area contributed by atoms with Crippen LogP contribution in [0.5, 0.6) is 5.75 Å². The molecule has 0 heterocycles. The summed E-state index contributed by atoms with van der Waals surface area (Å²) in [5.41, 5.74) is 6.26. The Balaban J connectivity index is 2.63. The molecule has 1 aromatic carbocycles. The van der Waals surface area contributed by atoms with E-state index < -0.39 is 6.10 Å². The molecule has 0 radical (unpaired) electrons. The molecule has 1 unspecified atom stereocenters. The Morgan fingerprint density at radius 2 is 2.16 bits per heavy atom. The van der Waals surface area contributed by atoms with Gasteiger partial charge in [0.25, 0.3) is 5.91 Å². The van der Waals surface area contributed by atoms with Gasteiger partial charge in [-0.1, -0.05) is 37.7 Å². The van der Waals surface area contributed by atoms with Crippen molar-refractivity contribution in [2.75, 3.05) is 6.54 Å². The van der Waals surface area contributed by atoms with E-state index in [0.717, 1.165) is 12.8 Å². The maximum atomic E-state index is 11.8. The number of nitrogens with two attached hydrogens (primary N) is 1. The molecule has 0 aliphatic rings. The van der Waals surface area contributed by atoms with Crippen LogP contribution in [0.4, 0.5) is 0 Å². The zero-order valence-corrected chi connectivity index (χ0v) is 12.1. The van der Waals surface area contributed by atoms with Gasteiger partial charge in [-0.25, -0.2) is 0 Å². The Hall–Kier alpha value is -1.62. The number of thiocarbonyl (C=S) groups is 1. The van der Waals surface area contributed by atoms with Gasteiger partial charge in [0.15, 0.2) is 6.10 Å². The first kappa shape index (κ1) is 15.4. The van der Waals surface area contributed by atoms with Gasteiger partial charge in [-0.15, -0.1) is 0 Å². The lowest BCUT2D eigenvalue weighted by atomic mass is 10.2. The smallest absolute Gasteiger partial charge is 0.260 e. The summed E-state index contributed by atoms with van der Waals surface area (Å²) in [6.07, 6.45) is 1.43. The molecular formula is C14H20N2O2S. The van der Waals surface area contributed by atoms with Crippen molar-refractivity contribution < 1.29 is 9.53 Å². The van der Waals surface area contributed by atoms with E-state index in [1.807, 2.05) is 12.1 Å². The van der Waals surface area contributed by atoms with Crippen molar-refractivity contribution in [2.24, 2.45) is 5.73 Å². The van der Waals surface area contributed by atoms with Crippen molar-refractivity contribution in [3.05, 3.63) is 29.8 Å². The largest absolute Gasteiger partial charge is 0.480 e. The van der Waals surface area contributed by atoms with Gasteiger partial charge in [0.2, 0.25) is 0 Å². The fourth-order valence-corrected chi connectivity index (χ4v) is 1.72. The molecule has 1 atom stereocenters. The van der Waals surface area contributed by atoms with Crippen LogP contribution in [0.2, 0.25) is 0 Å². The van der Waals surface area contributed by atoms with Crippen molar-refractivity contribution in [3.63, 3.8) is 0 Å². The van der Waals surface area contributed by atoms with Gasteiger partial charge in [0.05, 0.1) is 5.56 Å². The summed E-state index contributed by atoms with van der Waals surface area (Å²) in [6, 6.07) is 7.18. The van der Waals surface area contributed by atoms with Crippen LogP contribution in [-0.4, -0.2) is 23.5 Å². The van der Waals surface area contributed by atoms with Crippen LogP contribution in [0.3, 0.4) is 0 Å². The fourth-order valence-electron chi connectivity index (χ4n) is 1.55. The van der Waals surface area contributed by atoms with Crippen molar-refractivity contribution in [1.82, 2.24) is 5.32 Å². The van der Waals surface area contributed by atoms with Crippen molar-refractivity contribution in [2.45, 2.75) is 32.8 Å². The van der Waals surface area contributed by atoms with Crippen molar-refractivity contribution >= 4 is 23.1 Å². The molecule has 0 aliphatic heterocycles. The van der Waals surface area contributed by atoms with Crippen LogP contribution in [-0.2, 0) is 4.79 Å². The second-order valence-corrected chi connectivity index (χ2v) is 4.70. The van der Waals surface area contributed by atoms with Gasteiger partial charge in [0.1, 0.15) is 10.7 Å². The maximum Gasteiger partial charge on any atom is 0.260 e. The molecule has 0 saturated carbocycles. The second-order valence-electron chi connectivity index (χ2n) is 4.27. The van der Waals surface area contributed by atoms with E-state index in [4.69, 9.17) is 22.7 Å². The monoisotopic (exact) mass is 280 g/mol. The van der Waals surface area contributed by atoms with Gasteiger partial charge < -0.3 is 15.8 Å². The number of amides is 1. The maximum absolute atomic E-state index is 11.8. The highest BCUT2D eigenvalue weighted by atomic mass is 32.1. The highest BCUT2D eigenvalue weighted by Gasteiger charge is 2.16. The molecule has 1 amide bonds. The zero-order chi connectivity index (χ0) is 14.3. The molecule has 0 bridgehead atoms. The van der Waals surface area contributed by atoms with E-state index in [1.165, 1.54) is 0 Å². The minimum absolute atomic E-state index is 0.133. The molecule has 0 aromatic heterocycles. The predicted octanol–water partition coefficient (Wildman–Crippen LogP) is 2.00. The third kappa shape index (κ3) is 4.87. The number of benzene rings is 1. The van der Waals surface area contributed by atoms with Crippen LogP contribution < -0.4 is 15.8 Å². The molecule has 0 fully saturated rings. The number of rotatable bonds is 7. The lowest BCUT2D eigenvalue weighted by Crippen LogP contribution is -2.37. The standard InChI is InChI=1S/C14H20N2O2S/c1-3-4-9-16-14(17)10(2)18-12-8-6-5-7-11(12)13(15)19/h5-8,10H,3-4,9H2,1-2H3,(H2,15,19)(H,16,17). The molecule has 0 spiro atoms. The minimum atomic E-state index is -0.577. The molecule has 104 valence electrons. The van der Waals surface area contributed by atoms with Crippen molar-refractivity contribution in [1.29, 1.82) is 0 Å². The highest BCUT2D eigenvalue weighted by molar-refractivity contribution is 7.80. The number of carbonyl (C=O) groups excluding carboxylic acids is 1. The summed E-state index contributed by atoms with van der Waals surface area (Å²) in [5.74, 6) is 0.402.